The number of amides is 2. The molecule has 6 nitrogen and oxygen atoms in total. The lowest BCUT2D eigenvalue weighted by Gasteiger charge is -2.30. The lowest BCUT2D eigenvalue weighted by atomic mass is 9.99. The second kappa shape index (κ2) is 11.5. The van der Waals surface area contributed by atoms with E-state index in [1.807, 2.05) is 13.0 Å². The molecule has 0 aliphatic carbocycles. The zero-order valence-corrected chi connectivity index (χ0v) is 18.5. The highest BCUT2D eigenvalue weighted by Crippen LogP contribution is 2.18. The van der Waals surface area contributed by atoms with E-state index in [2.05, 4.69) is 46.7 Å². The molecule has 0 bridgehead atoms. The molecule has 166 valence electrons. The summed E-state index contributed by atoms with van der Waals surface area (Å²) in [6.07, 6.45) is 2.60. The molecule has 0 saturated carbocycles. The Labute approximate surface area is 185 Å². The second-order valence-corrected chi connectivity index (χ2v) is 8.19. The van der Waals surface area contributed by atoms with Crippen LogP contribution in [0.1, 0.15) is 48.2 Å². The largest absolute Gasteiger partial charge is 0.493 e. The predicted molar refractivity (Wildman–Crippen MR) is 122 cm³/mol. The third-order valence-electron chi connectivity index (χ3n) is 5.50. The van der Waals surface area contributed by atoms with Gasteiger partial charge in [-0.2, -0.15) is 0 Å². The van der Waals surface area contributed by atoms with Crippen LogP contribution in [0.3, 0.4) is 0 Å². The van der Waals surface area contributed by atoms with Crippen LogP contribution >= 0.6 is 0 Å². The minimum atomic E-state index is -0.324. The number of likely N-dealkylation sites (tertiary alicyclic amines) is 1. The van der Waals surface area contributed by atoms with Gasteiger partial charge in [-0.15, -0.1) is 0 Å². The summed E-state index contributed by atoms with van der Waals surface area (Å²) in [5.74, 6) is 0.739. The first-order valence-electron chi connectivity index (χ1n) is 11.1. The van der Waals surface area contributed by atoms with Crippen LogP contribution in [-0.4, -0.2) is 43.0 Å². The van der Waals surface area contributed by atoms with Gasteiger partial charge in [0, 0.05) is 19.6 Å². The van der Waals surface area contributed by atoms with E-state index >= 15 is 0 Å². The number of nitrogens with one attached hydrogen (secondary N) is 2. The van der Waals surface area contributed by atoms with Gasteiger partial charge in [0.05, 0.1) is 18.7 Å². The lowest BCUT2D eigenvalue weighted by Crippen LogP contribution is -2.36. The van der Waals surface area contributed by atoms with Crippen molar-refractivity contribution in [2.45, 2.75) is 39.8 Å². The molecule has 1 atom stereocenters. The molecule has 2 aromatic carbocycles. The van der Waals surface area contributed by atoms with E-state index in [9.17, 15) is 9.59 Å². The lowest BCUT2D eigenvalue weighted by molar-refractivity contribution is -0.120. The number of para-hydroxylation sites is 1. The SMILES string of the molecule is CCOc1ccccc1C(=O)NCC(=O)NCc1ccc(CN2CCCC(C)C2)cc1. The molecule has 0 aromatic heterocycles. The maximum absolute atomic E-state index is 12.4. The van der Waals surface area contributed by atoms with Crippen LogP contribution in [0.2, 0.25) is 0 Å². The number of hydrogen-bond donors (Lipinski definition) is 2. The standard InChI is InChI=1S/C25H33N3O3/c1-3-31-23-9-5-4-8-22(23)25(30)27-16-24(29)26-15-20-10-12-21(13-11-20)18-28-14-6-7-19(2)17-28/h4-5,8-13,19H,3,6-7,14-18H2,1-2H3,(H,26,29)(H,27,30). The van der Waals surface area contributed by atoms with Crippen molar-refractivity contribution in [3.8, 4) is 5.75 Å². The molecule has 1 aliphatic heterocycles. The average molecular weight is 424 g/mol. The van der Waals surface area contributed by atoms with E-state index in [1.54, 1.807) is 18.2 Å². The van der Waals surface area contributed by atoms with Crippen molar-refractivity contribution in [2.75, 3.05) is 26.2 Å². The number of carbonyl (C=O) groups is 2. The summed E-state index contributed by atoms with van der Waals surface area (Å²) in [6, 6.07) is 15.4. The zero-order valence-electron chi connectivity index (χ0n) is 18.5. The Morgan fingerprint density at radius 2 is 1.81 bits per heavy atom. The van der Waals surface area contributed by atoms with Gasteiger partial charge in [0.1, 0.15) is 5.75 Å². The fourth-order valence-electron chi connectivity index (χ4n) is 3.91. The molecule has 1 fully saturated rings. The molecule has 1 unspecified atom stereocenters. The number of ether oxygens (including phenoxy) is 1. The Morgan fingerprint density at radius 1 is 1.06 bits per heavy atom. The van der Waals surface area contributed by atoms with Crippen molar-refractivity contribution in [2.24, 2.45) is 5.92 Å². The van der Waals surface area contributed by atoms with Gasteiger partial charge < -0.3 is 15.4 Å². The van der Waals surface area contributed by atoms with Crippen molar-refractivity contribution in [1.29, 1.82) is 0 Å². The summed E-state index contributed by atoms with van der Waals surface area (Å²) in [7, 11) is 0. The van der Waals surface area contributed by atoms with Gasteiger partial charge in [0.15, 0.2) is 0 Å². The molecule has 3 rings (SSSR count). The molecule has 31 heavy (non-hydrogen) atoms. The molecule has 1 aliphatic rings. The van der Waals surface area contributed by atoms with Crippen LogP contribution in [0.15, 0.2) is 48.5 Å². The van der Waals surface area contributed by atoms with Gasteiger partial charge in [-0.3, -0.25) is 14.5 Å². The highest BCUT2D eigenvalue weighted by molar-refractivity contribution is 5.98. The summed E-state index contributed by atoms with van der Waals surface area (Å²) in [5, 5.41) is 5.51. The van der Waals surface area contributed by atoms with Crippen molar-refractivity contribution in [3.63, 3.8) is 0 Å². The van der Waals surface area contributed by atoms with E-state index in [1.165, 1.54) is 31.5 Å². The minimum Gasteiger partial charge on any atom is -0.493 e. The highest BCUT2D eigenvalue weighted by atomic mass is 16.5. The van der Waals surface area contributed by atoms with Gasteiger partial charge in [-0.05, 0) is 55.5 Å². The van der Waals surface area contributed by atoms with E-state index in [0.717, 1.165) is 18.0 Å². The average Bonchev–Trinajstić information content (AvgIpc) is 2.77. The van der Waals surface area contributed by atoms with Gasteiger partial charge >= 0.3 is 0 Å². The Bertz CT molecular complexity index is 867. The smallest absolute Gasteiger partial charge is 0.255 e. The Kier molecular flexibility index (Phi) is 8.47. The molecule has 0 radical (unpaired) electrons. The van der Waals surface area contributed by atoms with Crippen LogP contribution < -0.4 is 15.4 Å². The maximum atomic E-state index is 12.4. The van der Waals surface area contributed by atoms with Crippen molar-refractivity contribution in [3.05, 3.63) is 65.2 Å². The Balaban J connectivity index is 1.42. The minimum absolute atomic E-state index is 0.0788. The highest BCUT2D eigenvalue weighted by Gasteiger charge is 2.16. The molecule has 2 aromatic rings. The zero-order chi connectivity index (χ0) is 22.1. The van der Waals surface area contributed by atoms with E-state index in [4.69, 9.17) is 4.74 Å². The summed E-state index contributed by atoms with van der Waals surface area (Å²) in [4.78, 5) is 27.0. The number of nitrogens with zero attached hydrogens (tertiary/aromatic N) is 1. The third-order valence-corrected chi connectivity index (χ3v) is 5.50. The Morgan fingerprint density at radius 3 is 2.55 bits per heavy atom. The Hall–Kier alpha value is -2.86. The third kappa shape index (κ3) is 7.10. The van der Waals surface area contributed by atoms with Crippen LogP contribution in [-0.2, 0) is 17.9 Å². The fourth-order valence-corrected chi connectivity index (χ4v) is 3.91. The van der Waals surface area contributed by atoms with Gasteiger partial charge in [0.25, 0.3) is 5.91 Å². The molecule has 2 amide bonds. The topological polar surface area (TPSA) is 70.7 Å². The summed E-state index contributed by atoms with van der Waals surface area (Å²) in [5.41, 5.74) is 2.76. The first-order valence-corrected chi connectivity index (χ1v) is 11.1. The molecule has 1 saturated heterocycles. The van der Waals surface area contributed by atoms with Crippen LogP contribution in [0, 0.1) is 5.92 Å². The summed E-state index contributed by atoms with van der Waals surface area (Å²) in [6.45, 7) is 8.32. The number of rotatable bonds is 9. The molecular weight excluding hydrogens is 390 g/mol. The van der Waals surface area contributed by atoms with Gasteiger partial charge in [0.2, 0.25) is 5.91 Å². The van der Waals surface area contributed by atoms with Crippen molar-refractivity contribution >= 4 is 11.8 Å². The fraction of sp³-hybridized carbons (Fsp3) is 0.440. The van der Waals surface area contributed by atoms with Crippen molar-refractivity contribution < 1.29 is 14.3 Å². The first-order chi connectivity index (χ1) is 15.0. The summed E-state index contributed by atoms with van der Waals surface area (Å²) >= 11 is 0. The molecule has 0 spiro atoms. The molecule has 6 heteroatoms. The van der Waals surface area contributed by atoms with E-state index in [-0.39, 0.29) is 18.4 Å². The van der Waals surface area contributed by atoms with E-state index < -0.39 is 0 Å². The molecule has 1 heterocycles. The number of piperidine rings is 1. The normalized spacial score (nSPS) is 16.5. The van der Waals surface area contributed by atoms with Crippen LogP contribution in [0.5, 0.6) is 5.75 Å². The second-order valence-electron chi connectivity index (χ2n) is 8.19. The van der Waals surface area contributed by atoms with Crippen molar-refractivity contribution in [1.82, 2.24) is 15.5 Å². The number of hydrogen-bond acceptors (Lipinski definition) is 4. The van der Waals surface area contributed by atoms with Gasteiger partial charge in [-0.1, -0.05) is 43.3 Å². The van der Waals surface area contributed by atoms with Crippen LogP contribution in [0.25, 0.3) is 0 Å². The molecule has 2 N–H and O–H groups in total. The van der Waals surface area contributed by atoms with E-state index in [0.29, 0.717) is 24.5 Å². The molecular formula is C25H33N3O3. The monoisotopic (exact) mass is 423 g/mol. The van der Waals surface area contributed by atoms with Gasteiger partial charge in [-0.25, -0.2) is 0 Å². The quantitative estimate of drug-likeness (QED) is 0.649. The number of carbonyl (C=O) groups excluding carboxylic acids is 2. The first kappa shape index (κ1) is 22.8. The van der Waals surface area contributed by atoms with Crippen LogP contribution in [0.4, 0.5) is 0 Å². The summed E-state index contributed by atoms with van der Waals surface area (Å²) < 4.78 is 5.47. The number of benzene rings is 2. The maximum Gasteiger partial charge on any atom is 0.255 e. The predicted octanol–water partition coefficient (Wildman–Crippen LogP) is 3.36.